The van der Waals surface area contributed by atoms with Gasteiger partial charge in [0.1, 0.15) is 12.4 Å². The number of amidine groups is 1. The van der Waals surface area contributed by atoms with Crippen LogP contribution in [0.15, 0.2) is 17.3 Å². The second-order valence-corrected chi connectivity index (χ2v) is 1.20. The first-order valence-electron chi connectivity index (χ1n) is 2.13. The van der Waals surface area contributed by atoms with Crippen molar-refractivity contribution in [2.24, 2.45) is 4.99 Å². The highest BCUT2D eigenvalue weighted by molar-refractivity contribution is 6.02. The van der Waals surface area contributed by atoms with E-state index in [0.717, 1.165) is 0 Å². The van der Waals surface area contributed by atoms with Crippen LogP contribution < -0.4 is 4.99 Å². The minimum Gasteiger partial charge on any atom is -0.0374 e. The second-order valence-electron chi connectivity index (χ2n) is 1.20. The molecule has 1 rings (SSSR count). The van der Waals surface area contributed by atoms with Crippen molar-refractivity contribution in [3.05, 3.63) is 18.7 Å². The Labute approximate surface area is 47.7 Å². The zero-order chi connectivity index (χ0) is 5.82. The van der Waals surface area contributed by atoms with Crippen LogP contribution in [-0.4, -0.2) is 12.1 Å². The van der Waals surface area contributed by atoms with Gasteiger partial charge in [-0.2, -0.15) is 0 Å². The number of allylic oxidation sites excluding steroid dienone is 1. The van der Waals surface area contributed by atoms with Crippen LogP contribution in [0.25, 0.3) is 0 Å². The van der Waals surface area contributed by atoms with E-state index < -0.39 is 0 Å². The van der Waals surface area contributed by atoms with Crippen LogP contribution in [-0.2, 0) is 0 Å². The highest BCUT2D eigenvalue weighted by Crippen LogP contribution is 1.78. The molecule has 2 nitrogen and oxygen atoms in total. The van der Waals surface area contributed by atoms with Gasteiger partial charge >= 0.3 is 5.84 Å². The van der Waals surface area contributed by atoms with Crippen molar-refractivity contribution < 1.29 is 0 Å². The fourth-order valence-corrected chi connectivity index (χ4v) is 0.364. The molecular formula is C6H3N2+. The van der Waals surface area contributed by atoms with Crippen molar-refractivity contribution in [1.29, 1.82) is 0 Å². The Morgan fingerprint density at radius 1 is 1.75 bits per heavy atom. The van der Waals surface area contributed by atoms with Gasteiger partial charge in [-0.05, 0) is 16.4 Å². The smallest absolute Gasteiger partial charge is 0.0374 e. The number of rotatable bonds is 0. The van der Waals surface area contributed by atoms with E-state index in [1.54, 1.807) is 18.5 Å². The maximum absolute atomic E-state index is 6.57. The molecule has 0 N–H and O–H groups in total. The van der Waals surface area contributed by atoms with Gasteiger partial charge in [0.15, 0.2) is 0 Å². The van der Waals surface area contributed by atoms with Crippen molar-refractivity contribution >= 4 is 12.1 Å². The summed E-state index contributed by atoms with van der Waals surface area (Å²) in [5.74, 6) is 2.38. The summed E-state index contributed by atoms with van der Waals surface area (Å²) in [6.07, 6.45) is 11.4. The van der Waals surface area contributed by atoms with Gasteiger partial charge in [-0.1, -0.05) is 0 Å². The molecule has 0 saturated heterocycles. The van der Waals surface area contributed by atoms with Gasteiger partial charge in [0.05, 0.1) is 0 Å². The summed E-state index contributed by atoms with van der Waals surface area (Å²) in [6.45, 7) is 0. The molecule has 1 aliphatic rings. The molecule has 0 atom stereocenters. The predicted molar refractivity (Wildman–Crippen MR) is 31.9 cm³/mol. The van der Waals surface area contributed by atoms with Crippen molar-refractivity contribution in [3.63, 3.8) is 0 Å². The van der Waals surface area contributed by atoms with Gasteiger partial charge in [0.2, 0.25) is 0 Å². The van der Waals surface area contributed by atoms with Gasteiger partial charge in [0, 0.05) is 12.0 Å². The average molecular weight is 103 g/mol. The molecule has 2 radical (unpaired) electrons. The van der Waals surface area contributed by atoms with Gasteiger partial charge < -0.3 is 0 Å². The minimum absolute atomic E-state index is 0.326. The third-order valence-electron chi connectivity index (χ3n) is 0.678. The number of hydrogen-bond acceptors (Lipinski definition) is 2. The third kappa shape index (κ3) is 0.824. The Bertz CT molecular complexity index is 203. The van der Waals surface area contributed by atoms with Crippen molar-refractivity contribution in [1.82, 2.24) is 4.99 Å². The van der Waals surface area contributed by atoms with E-state index in [9.17, 15) is 0 Å². The van der Waals surface area contributed by atoms with E-state index in [1.165, 1.54) is 0 Å². The van der Waals surface area contributed by atoms with Crippen molar-refractivity contribution in [2.45, 2.75) is 0 Å². The van der Waals surface area contributed by atoms with Gasteiger partial charge in [-0.15, -0.1) is 0 Å². The summed E-state index contributed by atoms with van der Waals surface area (Å²) in [7, 11) is 0. The van der Waals surface area contributed by atoms with Crippen LogP contribution in [0.1, 0.15) is 0 Å². The number of aliphatic imine (C=N–C) groups is 2. The highest BCUT2D eigenvalue weighted by Gasteiger charge is 2.02. The maximum Gasteiger partial charge on any atom is 0.418 e. The minimum atomic E-state index is 0.326. The molecule has 0 unspecified atom stereocenters. The molecule has 36 valence electrons. The predicted octanol–water partition coefficient (Wildman–Crippen LogP) is -0.0914. The van der Waals surface area contributed by atoms with Crippen LogP contribution >= 0.6 is 0 Å². The van der Waals surface area contributed by atoms with Crippen molar-refractivity contribution in [3.8, 4) is 5.92 Å². The van der Waals surface area contributed by atoms with Crippen LogP contribution in [0.3, 0.4) is 0 Å². The van der Waals surface area contributed by atoms with Crippen molar-refractivity contribution in [2.75, 3.05) is 0 Å². The molecule has 8 heavy (non-hydrogen) atoms. The molecule has 0 aromatic carbocycles. The van der Waals surface area contributed by atoms with E-state index in [0.29, 0.717) is 5.84 Å². The Kier molecular flexibility index (Phi) is 1.25. The van der Waals surface area contributed by atoms with Gasteiger partial charge in [-0.3, -0.25) is 0 Å². The van der Waals surface area contributed by atoms with Crippen LogP contribution in [0, 0.1) is 12.3 Å². The fourth-order valence-electron chi connectivity index (χ4n) is 0.364. The van der Waals surface area contributed by atoms with E-state index in [1.807, 2.05) is 0 Å². The quantitative estimate of drug-likeness (QED) is 0.383. The van der Waals surface area contributed by atoms with E-state index in [-0.39, 0.29) is 0 Å². The third-order valence-corrected chi connectivity index (χ3v) is 0.678. The molecule has 1 heterocycles. The average Bonchev–Trinajstić information content (AvgIpc) is 1.90. The zero-order valence-corrected chi connectivity index (χ0v) is 4.13. The molecular weight excluding hydrogens is 100 g/mol. The van der Waals surface area contributed by atoms with Gasteiger partial charge in [0.25, 0.3) is 0 Å². The van der Waals surface area contributed by atoms with Crippen LogP contribution in [0.5, 0.6) is 0 Å². The standard InChI is InChI=1S/C6H3N2/c1-2-6-7-4-3-5-8-6/h3-5H/q+1. The first-order valence-corrected chi connectivity index (χ1v) is 2.13. The normalized spacial score (nSPS) is 15.1. The van der Waals surface area contributed by atoms with E-state index >= 15 is 0 Å². The molecule has 0 aromatic rings. The Morgan fingerprint density at radius 2 is 2.62 bits per heavy atom. The largest absolute Gasteiger partial charge is 0.418 e. The lowest BCUT2D eigenvalue weighted by Gasteiger charge is -1.72. The summed E-state index contributed by atoms with van der Waals surface area (Å²) in [5.41, 5.74) is 0. The zero-order valence-electron chi connectivity index (χ0n) is 4.13. The SMILES string of the molecule is [C]#CC1=NC=CC=[N+]1. The highest BCUT2D eigenvalue weighted by atomic mass is 14.9. The molecule has 0 aliphatic carbocycles. The maximum atomic E-state index is 6.57. The molecule has 0 saturated carbocycles. The topological polar surface area (TPSA) is 26.5 Å². The summed E-state index contributed by atoms with van der Waals surface area (Å²) in [5, 5.41) is 0. The number of nitrogens with zero attached hydrogens (tertiary/aromatic N) is 2. The lowest BCUT2D eigenvalue weighted by atomic mass is 10.5. The molecule has 0 amide bonds. The molecule has 2 heteroatoms. The summed E-state index contributed by atoms with van der Waals surface area (Å²) < 4.78 is 0. The van der Waals surface area contributed by atoms with Crippen LogP contribution in [0.4, 0.5) is 0 Å². The molecule has 0 spiro atoms. The van der Waals surface area contributed by atoms with E-state index in [2.05, 4.69) is 15.9 Å². The summed E-state index contributed by atoms with van der Waals surface area (Å²) >= 11 is 0. The lowest BCUT2D eigenvalue weighted by molar-refractivity contribution is 1.42. The summed E-state index contributed by atoms with van der Waals surface area (Å²) in [6, 6.07) is 0. The first kappa shape index (κ1) is 4.79. The Morgan fingerprint density at radius 3 is 3.00 bits per heavy atom. The molecule has 0 fully saturated rings. The van der Waals surface area contributed by atoms with Gasteiger partial charge in [-0.25, -0.2) is 0 Å². The first-order chi connectivity index (χ1) is 3.93. The Hall–Kier alpha value is -1.36. The monoisotopic (exact) mass is 103 g/mol. The fraction of sp³-hybridized carbons (Fsp3) is 0. The van der Waals surface area contributed by atoms with Crippen LogP contribution in [0.2, 0.25) is 0 Å². The lowest BCUT2D eigenvalue weighted by Crippen LogP contribution is -2.04. The van der Waals surface area contributed by atoms with E-state index in [4.69, 9.17) is 6.42 Å². The Balaban J connectivity index is 2.88. The molecule has 1 aliphatic heterocycles. The second kappa shape index (κ2) is 2.08. The molecule has 0 bridgehead atoms. The summed E-state index contributed by atoms with van der Waals surface area (Å²) in [4.78, 5) is 7.38. The molecule has 0 aromatic heterocycles. The number of hydrogen-bond donors (Lipinski definition) is 0.